The van der Waals surface area contributed by atoms with Gasteiger partial charge in [-0.1, -0.05) is 12.1 Å². The summed E-state index contributed by atoms with van der Waals surface area (Å²) >= 11 is 0. The minimum atomic E-state index is -0.589. The van der Waals surface area contributed by atoms with Gasteiger partial charge in [0.15, 0.2) is 6.10 Å². The average Bonchev–Trinajstić information content (AvgIpc) is 2.62. The summed E-state index contributed by atoms with van der Waals surface area (Å²) in [5.41, 5.74) is 2.30. The molecule has 5 nitrogen and oxygen atoms in total. The lowest BCUT2D eigenvalue weighted by atomic mass is 10.1. The number of benzene rings is 2. The first-order chi connectivity index (χ1) is 12.0. The van der Waals surface area contributed by atoms with E-state index in [1.807, 2.05) is 32.0 Å². The number of hydrogen-bond acceptors (Lipinski definition) is 4. The van der Waals surface area contributed by atoms with Crippen molar-refractivity contribution in [1.82, 2.24) is 5.32 Å². The summed E-state index contributed by atoms with van der Waals surface area (Å²) in [6, 6.07) is 13.1. The lowest BCUT2D eigenvalue weighted by molar-refractivity contribution is -0.127. The van der Waals surface area contributed by atoms with Gasteiger partial charge in [-0.15, -0.1) is 0 Å². The number of nitrogens with one attached hydrogen (secondary N) is 1. The molecule has 0 heterocycles. The van der Waals surface area contributed by atoms with E-state index in [2.05, 4.69) is 5.32 Å². The Morgan fingerprint density at radius 3 is 2.44 bits per heavy atom. The van der Waals surface area contributed by atoms with Crippen LogP contribution in [0.4, 0.5) is 0 Å². The third kappa shape index (κ3) is 5.41. The Morgan fingerprint density at radius 2 is 1.76 bits per heavy atom. The van der Waals surface area contributed by atoms with Crippen LogP contribution < -0.4 is 19.5 Å². The third-order valence-corrected chi connectivity index (χ3v) is 3.96. The minimum Gasteiger partial charge on any atom is -0.497 e. The number of ether oxygens (including phenoxy) is 3. The molecule has 0 aliphatic rings. The maximum absolute atomic E-state index is 12.1. The zero-order valence-corrected chi connectivity index (χ0v) is 15.2. The molecular weight excluding hydrogens is 318 g/mol. The molecule has 0 saturated heterocycles. The van der Waals surface area contributed by atoms with Gasteiger partial charge in [-0.25, -0.2) is 0 Å². The third-order valence-electron chi connectivity index (χ3n) is 3.96. The van der Waals surface area contributed by atoms with E-state index in [4.69, 9.17) is 14.2 Å². The molecule has 0 fully saturated rings. The molecule has 0 aliphatic carbocycles. The largest absolute Gasteiger partial charge is 0.497 e. The van der Waals surface area contributed by atoms with Crippen molar-refractivity contribution in [2.24, 2.45) is 0 Å². The standard InChI is InChI=1S/C20H25NO4/c1-14-6-5-7-19(15(14)2)24-13-12-21-20(22)16(3)25-18-10-8-17(23-4)9-11-18/h5-11,16H,12-13H2,1-4H3,(H,21,22). The highest BCUT2D eigenvalue weighted by Gasteiger charge is 2.14. The van der Waals surface area contributed by atoms with E-state index in [9.17, 15) is 4.79 Å². The zero-order valence-electron chi connectivity index (χ0n) is 15.2. The second-order valence-corrected chi connectivity index (χ2v) is 5.77. The number of aryl methyl sites for hydroxylation is 1. The average molecular weight is 343 g/mol. The summed E-state index contributed by atoms with van der Waals surface area (Å²) < 4.78 is 16.4. The molecule has 0 aromatic heterocycles. The van der Waals surface area contributed by atoms with Gasteiger partial charge in [0.1, 0.15) is 23.9 Å². The van der Waals surface area contributed by atoms with Gasteiger partial charge >= 0.3 is 0 Å². The van der Waals surface area contributed by atoms with E-state index >= 15 is 0 Å². The van der Waals surface area contributed by atoms with Gasteiger partial charge in [0.05, 0.1) is 13.7 Å². The second-order valence-electron chi connectivity index (χ2n) is 5.77. The van der Waals surface area contributed by atoms with Crippen LogP contribution in [0, 0.1) is 13.8 Å². The lowest BCUT2D eigenvalue weighted by Gasteiger charge is -2.15. The van der Waals surface area contributed by atoms with Crippen LogP contribution >= 0.6 is 0 Å². The first-order valence-corrected chi connectivity index (χ1v) is 8.28. The molecule has 0 radical (unpaired) electrons. The molecule has 2 aromatic carbocycles. The Balaban J connectivity index is 1.74. The van der Waals surface area contributed by atoms with Crippen molar-refractivity contribution in [3.05, 3.63) is 53.6 Å². The number of amides is 1. The molecule has 1 amide bonds. The van der Waals surface area contributed by atoms with E-state index in [0.717, 1.165) is 17.1 Å². The van der Waals surface area contributed by atoms with Crippen LogP contribution in [0.15, 0.2) is 42.5 Å². The Morgan fingerprint density at radius 1 is 1.08 bits per heavy atom. The fourth-order valence-electron chi connectivity index (χ4n) is 2.27. The summed E-state index contributed by atoms with van der Waals surface area (Å²) in [5, 5.41) is 2.82. The molecule has 2 aromatic rings. The van der Waals surface area contributed by atoms with E-state index in [1.165, 1.54) is 5.56 Å². The first kappa shape index (κ1) is 18.6. The molecule has 5 heteroatoms. The number of rotatable bonds is 8. The summed E-state index contributed by atoms with van der Waals surface area (Å²) in [7, 11) is 1.60. The molecule has 134 valence electrons. The van der Waals surface area contributed by atoms with E-state index in [0.29, 0.717) is 18.9 Å². The fraction of sp³-hybridized carbons (Fsp3) is 0.350. The van der Waals surface area contributed by atoms with Crippen LogP contribution in [0.25, 0.3) is 0 Å². The van der Waals surface area contributed by atoms with Crippen LogP contribution in [0.1, 0.15) is 18.1 Å². The highest BCUT2D eigenvalue weighted by atomic mass is 16.5. The molecule has 0 aliphatic heterocycles. The Bertz CT molecular complexity index is 697. The number of hydrogen-bond donors (Lipinski definition) is 1. The first-order valence-electron chi connectivity index (χ1n) is 8.28. The maximum Gasteiger partial charge on any atom is 0.260 e. The fourth-order valence-corrected chi connectivity index (χ4v) is 2.27. The van der Waals surface area contributed by atoms with Crippen LogP contribution in [-0.4, -0.2) is 32.3 Å². The zero-order chi connectivity index (χ0) is 18.2. The van der Waals surface area contributed by atoms with Gasteiger partial charge in [-0.3, -0.25) is 4.79 Å². The van der Waals surface area contributed by atoms with Crippen LogP contribution in [0.2, 0.25) is 0 Å². The highest BCUT2D eigenvalue weighted by molar-refractivity contribution is 5.80. The maximum atomic E-state index is 12.1. The van der Waals surface area contributed by atoms with Gasteiger partial charge in [-0.05, 0) is 62.2 Å². The molecular formula is C20H25NO4. The van der Waals surface area contributed by atoms with Gasteiger partial charge < -0.3 is 19.5 Å². The molecule has 0 saturated carbocycles. The number of carbonyl (C=O) groups is 1. The van der Waals surface area contributed by atoms with Crippen molar-refractivity contribution in [3.8, 4) is 17.2 Å². The van der Waals surface area contributed by atoms with Gasteiger partial charge in [0.2, 0.25) is 0 Å². The SMILES string of the molecule is COc1ccc(OC(C)C(=O)NCCOc2cccc(C)c2C)cc1. The Kier molecular flexibility index (Phi) is 6.69. The van der Waals surface area contributed by atoms with E-state index < -0.39 is 6.10 Å². The molecule has 25 heavy (non-hydrogen) atoms. The highest BCUT2D eigenvalue weighted by Crippen LogP contribution is 2.20. The predicted molar refractivity (Wildman–Crippen MR) is 97.5 cm³/mol. The number of methoxy groups -OCH3 is 1. The van der Waals surface area contributed by atoms with Crippen molar-refractivity contribution in [2.45, 2.75) is 26.9 Å². The molecule has 0 bridgehead atoms. The lowest BCUT2D eigenvalue weighted by Crippen LogP contribution is -2.38. The minimum absolute atomic E-state index is 0.180. The Hall–Kier alpha value is -2.69. The van der Waals surface area contributed by atoms with Crippen molar-refractivity contribution in [3.63, 3.8) is 0 Å². The predicted octanol–water partition coefficient (Wildman–Crippen LogP) is 3.27. The van der Waals surface area contributed by atoms with Crippen molar-refractivity contribution >= 4 is 5.91 Å². The quantitative estimate of drug-likeness (QED) is 0.748. The van der Waals surface area contributed by atoms with Gasteiger partial charge in [0.25, 0.3) is 5.91 Å². The topological polar surface area (TPSA) is 56.8 Å². The van der Waals surface area contributed by atoms with E-state index in [1.54, 1.807) is 38.3 Å². The number of carbonyl (C=O) groups excluding carboxylic acids is 1. The van der Waals surface area contributed by atoms with Gasteiger partial charge in [-0.2, -0.15) is 0 Å². The Labute approximate surface area is 148 Å². The molecule has 2 rings (SSSR count). The summed E-state index contributed by atoms with van der Waals surface area (Å²) in [6.07, 6.45) is -0.589. The van der Waals surface area contributed by atoms with Crippen LogP contribution in [0.5, 0.6) is 17.2 Å². The van der Waals surface area contributed by atoms with Crippen LogP contribution in [0.3, 0.4) is 0 Å². The smallest absolute Gasteiger partial charge is 0.260 e. The van der Waals surface area contributed by atoms with Crippen molar-refractivity contribution in [2.75, 3.05) is 20.3 Å². The monoisotopic (exact) mass is 343 g/mol. The van der Waals surface area contributed by atoms with Crippen LogP contribution in [-0.2, 0) is 4.79 Å². The summed E-state index contributed by atoms with van der Waals surface area (Å²) in [6.45, 7) is 6.61. The normalized spacial score (nSPS) is 11.5. The van der Waals surface area contributed by atoms with Crippen molar-refractivity contribution in [1.29, 1.82) is 0 Å². The summed E-state index contributed by atoms with van der Waals surface area (Å²) in [5.74, 6) is 2.03. The van der Waals surface area contributed by atoms with E-state index in [-0.39, 0.29) is 5.91 Å². The molecule has 1 N–H and O–H groups in total. The molecule has 1 unspecified atom stereocenters. The summed E-state index contributed by atoms with van der Waals surface area (Å²) in [4.78, 5) is 12.1. The molecule has 0 spiro atoms. The molecule has 1 atom stereocenters. The van der Waals surface area contributed by atoms with Crippen molar-refractivity contribution < 1.29 is 19.0 Å². The van der Waals surface area contributed by atoms with Gasteiger partial charge in [0, 0.05) is 0 Å². The second kappa shape index (κ2) is 8.97.